The molecule has 2 aromatic carbocycles. The molecule has 0 atom stereocenters. The zero-order valence-corrected chi connectivity index (χ0v) is 16.4. The van der Waals surface area contributed by atoms with Crippen molar-refractivity contribution < 1.29 is 28.7 Å². The van der Waals surface area contributed by atoms with Gasteiger partial charge in [-0.3, -0.25) is 14.9 Å². The highest BCUT2D eigenvalue weighted by Crippen LogP contribution is 2.32. The van der Waals surface area contributed by atoms with Crippen LogP contribution in [-0.4, -0.2) is 37.1 Å². The molecule has 0 heterocycles. The molecule has 0 saturated heterocycles. The summed E-state index contributed by atoms with van der Waals surface area (Å²) < 4.78 is 15.2. The van der Waals surface area contributed by atoms with E-state index in [1.807, 2.05) is 19.1 Å². The Balaban J connectivity index is 1.85. The number of benzene rings is 2. The van der Waals surface area contributed by atoms with Crippen molar-refractivity contribution in [3.8, 4) is 11.5 Å². The van der Waals surface area contributed by atoms with Crippen LogP contribution in [0.2, 0.25) is 0 Å². The molecule has 0 unspecified atom stereocenters. The Bertz CT molecular complexity index is 894. The maximum Gasteiger partial charge on any atom is 0.344 e. The van der Waals surface area contributed by atoms with Crippen molar-refractivity contribution in [2.75, 3.05) is 25.6 Å². The minimum atomic E-state index is -0.697. The first-order chi connectivity index (χ1) is 13.8. The van der Waals surface area contributed by atoms with Gasteiger partial charge in [0.05, 0.1) is 12.0 Å². The van der Waals surface area contributed by atoms with E-state index >= 15 is 0 Å². The molecule has 9 nitrogen and oxygen atoms in total. The van der Waals surface area contributed by atoms with Crippen LogP contribution in [0.5, 0.6) is 11.5 Å². The van der Waals surface area contributed by atoms with Crippen LogP contribution in [0.25, 0.3) is 0 Å². The number of aryl methyl sites for hydroxylation is 2. The minimum absolute atomic E-state index is 0.00962. The number of nitrogens with one attached hydrogen (secondary N) is 1. The van der Waals surface area contributed by atoms with Crippen molar-refractivity contribution in [2.45, 2.75) is 20.3 Å². The van der Waals surface area contributed by atoms with Gasteiger partial charge in [-0.1, -0.05) is 19.1 Å². The summed E-state index contributed by atoms with van der Waals surface area (Å²) in [5, 5.41) is 13.5. The third-order valence-corrected chi connectivity index (χ3v) is 4.05. The molecule has 0 aliphatic rings. The lowest BCUT2D eigenvalue weighted by molar-refractivity contribution is -0.385. The standard InChI is InChI=1S/C20H22N2O7/c1-4-14-5-7-15(8-6-14)28-12-20(24)29-11-19(23)21-16-10-18(27-3)17(22(25)26)9-13(16)2/h5-10H,4,11-12H2,1-3H3,(H,21,23). The van der Waals surface area contributed by atoms with E-state index in [4.69, 9.17) is 14.2 Å². The third kappa shape index (κ3) is 6.20. The number of nitrogens with zero attached hydrogens (tertiary/aromatic N) is 1. The number of esters is 1. The SMILES string of the molecule is CCc1ccc(OCC(=O)OCC(=O)Nc2cc(OC)c([N+](=O)[O-])cc2C)cc1. The molecule has 0 radical (unpaired) electrons. The third-order valence-electron chi connectivity index (χ3n) is 4.05. The summed E-state index contributed by atoms with van der Waals surface area (Å²) >= 11 is 0. The number of nitro benzene ring substituents is 1. The van der Waals surface area contributed by atoms with Gasteiger partial charge in [0.15, 0.2) is 19.0 Å². The molecule has 0 aromatic heterocycles. The quantitative estimate of drug-likeness (QED) is 0.389. The number of carbonyl (C=O) groups is 2. The fourth-order valence-electron chi connectivity index (χ4n) is 2.45. The second-order valence-corrected chi connectivity index (χ2v) is 6.09. The van der Waals surface area contributed by atoms with Crippen LogP contribution < -0.4 is 14.8 Å². The lowest BCUT2D eigenvalue weighted by Crippen LogP contribution is -2.24. The van der Waals surface area contributed by atoms with Crippen LogP contribution in [0.3, 0.4) is 0 Å². The average molecular weight is 402 g/mol. The molecule has 0 spiro atoms. The molecule has 0 saturated carbocycles. The normalized spacial score (nSPS) is 10.2. The van der Waals surface area contributed by atoms with Crippen molar-refractivity contribution in [3.63, 3.8) is 0 Å². The second-order valence-electron chi connectivity index (χ2n) is 6.09. The van der Waals surface area contributed by atoms with Gasteiger partial charge >= 0.3 is 11.7 Å². The summed E-state index contributed by atoms with van der Waals surface area (Å²) in [6.07, 6.45) is 0.900. The Hall–Kier alpha value is -3.62. The number of hydrogen-bond acceptors (Lipinski definition) is 7. The molecule has 0 aliphatic carbocycles. The molecular weight excluding hydrogens is 380 g/mol. The van der Waals surface area contributed by atoms with E-state index in [2.05, 4.69) is 5.32 Å². The lowest BCUT2D eigenvalue weighted by Gasteiger charge is -2.11. The molecule has 0 aliphatic heterocycles. The van der Waals surface area contributed by atoms with Crippen molar-refractivity contribution in [2.24, 2.45) is 0 Å². The average Bonchev–Trinajstić information content (AvgIpc) is 2.72. The van der Waals surface area contributed by atoms with E-state index < -0.39 is 23.4 Å². The maximum absolute atomic E-state index is 12.0. The van der Waals surface area contributed by atoms with E-state index in [9.17, 15) is 19.7 Å². The zero-order valence-electron chi connectivity index (χ0n) is 16.4. The Kier molecular flexibility index (Phi) is 7.53. The van der Waals surface area contributed by atoms with E-state index in [1.54, 1.807) is 19.1 Å². The Morgan fingerprint density at radius 1 is 1.14 bits per heavy atom. The van der Waals surface area contributed by atoms with Gasteiger partial charge in [-0.05, 0) is 36.6 Å². The summed E-state index contributed by atoms with van der Waals surface area (Å²) in [6.45, 7) is 2.79. The highest BCUT2D eigenvalue weighted by molar-refractivity contribution is 5.94. The largest absolute Gasteiger partial charge is 0.490 e. The summed E-state index contributed by atoms with van der Waals surface area (Å²) in [7, 11) is 1.29. The Morgan fingerprint density at radius 2 is 1.83 bits per heavy atom. The summed E-state index contributed by atoms with van der Waals surface area (Å²) in [6, 6.07) is 9.94. The van der Waals surface area contributed by atoms with Gasteiger partial charge in [0.2, 0.25) is 0 Å². The van der Waals surface area contributed by atoms with Gasteiger partial charge in [0.25, 0.3) is 5.91 Å². The number of nitro groups is 1. The van der Waals surface area contributed by atoms with Crippen LogP contribution in [-0.2, 0) is 20.7 Å². The van der Waals surface area contributed by atoms with Crippen LogP contribution in [0.4, 0.5) is 11.4 Å². The Morgan fingerprint density at radius 3 is 2.41 bits per heavy atom. The van der Waals surface area contributed by atoms with Gasteiger partial charge in [-0.15, -0.1) is 0 Å². The second kappa shape index (κ2) is 10.1. The summed E-state index contributed by atoms with van der Waals surface area (Å²) in [5.41, 5.74) is 1.73. The van der Waals surface area contributed by atoms with Crippen LogP contribution in [0.1, 0.15) is 18.1 Å². The predicted molar refractivity (Wildman–Crippen MR) is 105 cm³/mol. The minimum Gasteiger partial charge on any atom is -0.490 e. The topological polar surface area (TPSA) is 117 Å². The molecule has 0 bridgehead atoms. The van der Waals surface area contributed by atoms with Crippen molar-refractivity contribution >= 4 is 23.3 Å². The van der Waals surface area contributed by atoms with Crippen LogP contribution in [0.15, 0.2) is 36.4 Å². The smallest absolute Gasteiger partial charge is 0.344 e. The van der Waals surface area contributed by atoms with Crippen LogP contribution in [0, 0.1) is 17.0 Å². The van der Waals surface area contributed by atoms with Crippen molar-refractivity contribution in [3.05, 3.63) is 57.6 Å². The monoisotopic (exact) mass is 402 g/mol. The number of methoxy groups -OCH3 is 1. The molecule has 9 heteroatoms. The molecule has 2 rings (SSSR count). The lowest BCUT2D eigenvalue weighted by atomic mass is 10.1. The number of carbonyl (C=O) groups excluding carboxylic acids is 2. The van der Waals surface area contributed by atoms with Gasteiger partial charge in [0.1, 0.15) is 5.75 Å². The Labute approximate surface area is 167 Å². The van der Waals surface area contributed by atoms with Crippen molar-refractivity contribution in [1.29, 1.82) is 0 Å². The van der Waals surface area contributed by atoms with E-state index in [0.717, 1.165) is 12.0 Å². The zero-order chi connectivity index (χ0) is 21.4. The van der Waals surface area contributed by atoms with Gasteiger partial charge in [0, 0.05) is 17.8 Å². The number of hydrogen-bond donors (Lipinski definition) is 1. The molecule has 0 fully saturated rings. The van der Waals surface area contributed by atoms with Gasteiger partial charge < -0.3 is 19.5 Å². The number of ether oxygens (including phenoxy) is 3. The van der Waals surface area contributed by atoms with E-state index in [1.165, 1.54) is 19.2 Å². The fourth-order valence-corrected chi connectivity index (χ4v) is 2.45. The number of amides is 1. The molecule has 29 heavy (non-hydrogen) atoms. The maximum atomic E-state index is 12.0. The molecule has 1 amide bonds. The predicted octanol–water partition coefficient (Wildman–Crippen LogP) is 3.03. The van der Waals surface area contributed by atoms with E-state index in [0.29, 0.717) is 17.0 Å². The molecule has 2 aromatic rings. The first-order valence-corrected chi connectivity index (χ1v) is 8.84. The van der Waals surface area contributed by atoms with Gasteiger partial charge in [-0.2, -0.15) is 0 Å². The van der Waals surface area contributed by atoms with Crippen molar-refractivity contribution in [1.82, 2.24) is 0 Å². The van der Waals surface area contributed by atoms with E-state index in [-0.39, 0.29) is 18.0 Å². The molecule has 1 N–H and O–H groups in total. The highest BCUT2D eigenvalue weighted by Gasteiger charge is 2.18. The first-order valence-electron chi connectivity index (χ1n) is 8.84. The fraction of sp³-hybridized carbons (Fsp3) is 0.300. The highest BCUT2D eigenvalue weighted by atomic mass is 16.6. The summed E-state index contributed by atoms with van der Waals surface area (Å²) in [5.74, 6) is -0.755. The number of anilines is 1. The number of rotatable bonds is 9. The summed E-state index contributed by atoms with van der Waals surface area (Å²) in [4.78, 5) is 34.2. The van der Waals surface area contributed by atoms with Crippen LogP contribution >= 0.6 is 0 Å². The first kappa shape index (κ1) is 21.7. The molecule has 154 valence electrons. The van der Waals surface area contributed by atoms with Gasteiger partial charge in [-0.25, -0.2) is 4.79 Å². The molecular formula is C20H22N2O7.